The number of hydrogen-bond acceptors (Lipinski definition) is 2. The van der Waals surface area contributed by atoms with E-state index in [2.05, 4.69) is 58.5 Å². The number of nitrogens with one attached hydrogen (secondary N) is 1. The van der Waals surface area contributed by atoms with Gasteiger partial charge < -0.3 is 15.1 Å². The first-order chi connectivity index (χ1) is 13.2. The number of aliphatic imine (C=N–C) groups is 1. The van der Waals surface area contributed by atoms with Crippen molar-refractivity contribution >= 4 is 41.4 Å². The molecule has 0 bridgehead atoms. The quantitative estimate of drug-likeness (QED) is 0.393. The molecule has 1 fully saturated rings. The number of carbonyl (C=O) groups is 1. The summed E-state index contributed by atoms with van der Waals surface area (Å²) in [7, 11) is 1.81. The lowest BCUT2D eigenvalue weighted by atomic mass is 10.00. The number of benzene rings is 1. The van der Waals surface area contributed by atoms with Crippen LogP contribution in [0.5, 0.6) is 0 Å². The van der Waals surface area contributed by atoms with E-state index in [0.29, 0.717) is 19.0 Å². The molecular weight excluding hydrogens is 463 g/mol. The molecule has 2 aliphatic rings. The molecule has 1 atom stereocenters. The summed E-state index contributed by atoms with van der Waals surface area (Å²) < 4.78 is 0. The van der Waals surface area contributed by atoms with Crippen LogP contribution in [0, 0.1) is 0 Å². The van der Waals surface area contributed by atoms with E-state index in [1.165, 1.54) is 17.6 Å². The molecule has 0 aliphatic carbocycles. The van der Waals surface area contributed by atoms with E-state index in [0.717, 1.165) is 44.9 Å². The van der Waals surface area contributed by atoms with Gasteiger partial charge in [-0.15, -0.1) is 24.0 Å². The molecule has 0 radical (unpaired) electrons. The standard InChI is InChI=1S/C22H32N4O.HI/c1-18-8-6-7-15-26(18)21(27)11-14-24-22(23-2)25-16-12-20(13-17-25)19-9-4-3-5-10-19;/h3-5,9-10,12,18H,6-8,11,13-17H2,1-2H3,(H,23,24);1H. The van der Waals surface area contributed by atoms with Crippen LogP contribution in [0.2, 0.25) is 0 Å². The molecule has 1 unspecified atom stereocenters. The molecule has 1 amide bonds. The fourth-order valence-electron chi connectivity index (χ4n) is 4.00. The summed E-state index contributed by atoms with van der Waals surface area (Å²) >= 11 is 0. The van der Waals surface area contributed by atoms with Crippen molar-refractivity contribution in [1.29, 1.82) is 0 Å². The number of carbonyl (C=O) groups excluding carboxylic acids is 1. The van der Waals surface area contributed by atoms with Crippen LogP contribution in [0.3, 0.4) is 0 Å². The molecule has 0 spiro atoms. The van der Waals surface area contributed by atoms with Gasteiger partial charge in [0.25, 0.3) is 0 Å². The zero-order chi connectivity index (χ0) is 19.1. The van der Waals surface area contributed by atoms with Gasteiger partial charge in [-0.3, -0.25) is 9.79 Å². The maximum atomic E-state index is 12.5. The molecule has 0 saturated carbocycles. The Morgan fingerprint density at radius 3 is 2.64 bits per heavy atom. The normalized spacial score (nSPS) is 20.3. The molecule has 154 valence electrons. The maximum absolute atomic E-state index is 12.5. The van der Waals surface area contributed by atoms with Gasteiger partial charge in [-0.2, -0.15) is 0 Å². The van der Waals surface area contributed by atoms with Crippen molar-refractivity contribution < 1.29 is 4.79 Å². The van der Waals surface area contributed by atoms with Gasteiger partial charge in [0.1, 0.15) is 0 Å². The number of halogens is 1. The Labute approximate surface area is 186 Å². The summed E-state index contributed by atoms with van der Waals surface area (Å²) in [6.07, 6.45) is 7.33. The van der Waals surface area contributed by atoms with Crippen LogP contribution in [0.1, 0.15) is 44.6 Å². The van der Waals surface area contributed by atoms with Gasteiger partial charge in [-0.05, 0) is 43.7 Å². The van der Waals surface area contributed by atoms with E-state index in [4.69, 9.17) is 0 Å². The fourth-order valence-corrected chi connectivity index (χ4v) is 4.00. The third-order valence-electron chi connectivity index (χ3n) is 5.61. The Kier molecular flexibility index (Phi) is 9.28. The number of guanidine groups is 1. The predicted octanol–water partition coefficient (Wildman–Crippen LogP) is 3.76. The van der Waals surface area contributed by atoms with Crippen molar-refractivity contribution in [2.45, 2.75) is 45.1 Å². The SMILES string of the molecule is CN=C(NCCC(=O)N1CCCCC1C)N1CC=C(c2ccccc2)CC1.I. The van der Waals surface area contributed by atoms with Crippen molar-refractivity contribution in [2.24, 2.45) is 4.99 Å². The van der Waals surface area contributed by atoms with Crippen LogP contribution in [0.4, 0.5) is 0 Å². The number of amides is 1. The lowest BCUT2D eigenvalue weighted by Gasteiger charge is -2.34. The summed E-state index contributed by atoms with van der Waals surface area (Å²) in [6, 6.07) is 10.9. The molecule has 2 heterocycles. The highest BCUT2D eigenvalue weighted by Gasteiger charge is 2.23. The maximum Gasteiger partial charge on any atom is 0.224 e. The second-order valence-electron chi connectivity index (χ2n) is 7.45. The summed E-state index contributed by atoms with van der Waals surface area (Å²) in [4.78, 5) is 21.2. The first kappa shape index (κ1) is 22.7. The molecule has 28 heavy (non-hydrogen) atoms. The summed E-state index contributed by atoms with van der Waals surface area (Å²) in [5, 5.41) is 3.38. The first-order valence-corrected chi connectivity index (χ1v) is 10.2. The van der Waals surface area contributed by atoms with E-state index >= 15 is 0 Å². The van der Waals surface area contributed by atoms with E-state index in [1.54, 1.807) is 0 Å². The minimum atomic E-state index is 0. The van der Waals surface area contributed by atoms with Gasteiger partial charge >= 0.3 is 0 Å². The molecular formula is C22H33IN4O. The van der Waals surface area contributed by atoms with Crippen molar-refractivity contribution in [1.82, 2.24) is 15.1 Å². The molecule has 1 aromatic rings. The molecule has 2 aliphatic heterocycles. The van der Waals surface area contributed by atoms with Gasteiger partial charge in [0.15, 0.2) is 5.96 Å². The Morgan fingerprint density at radius 1 is 1.21 bits per heavy atom. The minimum Gasteiger partial charge on any atom is -0.356 e. The van der Waals surface area contributed by atoms with Crippen molar-refractivity contribution in [3.8, 4) is 0 Å². The Morgan fingerprint density at radius 2 is 2.00 bits per heavy atom. The third-order valence-corrected chi connectivity index (χ3v) is 5.61. The summed E-state index contributed by atoms with van der Waals surface area (Å²) in [5.74, 6) is 1.15. The molecule has 1 saturated heterocycles. The van der Waals surface area contributed by atoms with Gasteiger partial charge in [0.2, 0.25) is 5.91 Å². The van der Waals surface area contributed by atoms with Crippen molar-refractivity contribution in [2.75, 3.05) is 33.2 Å². The lowest BCUT2D eigenvalue weighted by molar-refractivity contribution is -0.134. The van der Waals surface area contributed by atoms with Gasteiger partial charge in [-0.1, -0.05) is 36.4 Å². The number of piperidine rings is 1. The Balaban J connectivity index is 0.00000280. The molecule has 6 heteroatoms. The summed E-state index contributed by atoms with van der Waals surface area (Å²) in [6.45, 7) is 5.50. The Bertz CT molecular complexity index is 689. The number of nitrogens with zero attached hydrogens (tertiary/aromatic N) is 3. The van der Waals surface area contributed by atoms with Crippen LogP contribution in [0.15, 0.2) is 41.4 Å². The predicted molar refractivity (Wildman–Crippen MR) is 127 cm³/mol. The first-order valence-electron chi connectivity index (χ1n) is 10.2. The van der Waals surface area contributed by atoms with Gasteiger partial charge in [0, 0.05) is 45.7 Å². The van der Waals surface area contributed by atoms with Crippen LogP contribution in [-0.4, -0.2) is 60.9 Å². The zero-order valence-corrected chi connectivity index (χ0v) is 19.4. The van der Waals surface area contributed by atoms with Gasteiger partial charge in [0.05, 0.1) is 0 Å². The molecule has 0 aromatic heterocycles. The van der Waals surface area contributed by atoms with Crippen LogP contribution in [-0.2, 0) is 4.79 Å². The molecule has 5 nitrogen and oxygen atoms in total. The molecule has 1 N–H and O–H groups in total. The van der Waals surface area contributed by atoms with Crippen molar-refractivity contribution in [3.05, 3.63) is 42.0 Å². The average molecular weight is 496 g/mol. The van der Waals surface area contributed by atoms with Crippen LogP contribution < -0.4 is 5.32 Å². The van der Waals surface area contributed by atoms with Gasteiger partial charge in [-0.25, -0.2) is 0 Å². The highest BCUT2D eigenvalue weighted by atomic mass is 127. The lowest BCUT2D eigenvalue weighted by Crippen LogP contribution is -2.46. The minimum absolute atomic E-state index is 0. The Hall–Kier alpha value is -1.57. The van der Waals surface area contributed by atoms with Crippen LogP contribution >= 0.6 is 24.0 Å². The largest absolute Gasteiger partial charge is 0.356 e. The van der Waals surface area contributed by atoms with E-state index < -0.39 is 0 Å². The number of rotatable bonds is 4. The fraction of sp³-hybridized carbons (Fsp3) is 0.545. The van der Waals surface area contributed by atoms with E-state index in [-0.39, 0.29) is 29.9 Å². The smallest absolute Gasteiger partial charge is 0.224 e. The molecule has 1 aromatic carbocycles. The second-order valence-corrected chi connectivity index (χ2v) is 7.45. The number of hydrogen-bond donors (Lipinski definition) is 1. The van der Waals surface area contributed by atoms with E-state index in [1.807, 2.05) is 11.9 Å². The topological polar surface area (TPSA) is 47.9 Å². The zero-order valence-electron chi connectivity index (χ0n) is 17.1. The molecule has 3 rings (SSSR count). The number of likely N-dealkylation sites (tertiary alicyclic amines) is 1. The second kappa shape index (κ2) is 11.4. The highest BCUT2D eigenvalue weighted by Crippen LogP contribution is 2.22. The van der Waals surface area contributed by atoms with Crippen molar-refractivity contribution in [3.63, 3.8) is 0 Å². The monoisotopic (exact) mass is 496 g/mol. The average Bonchev–Trinajstić information content (AvgIpc) is 2.72. The van der Waals surface area contributed by atoms with E-state index in [9.17, 15) is 4.79 Å². The highest BCUT2D eigenvalue weighted by molar-refractivity contribution is 14.0. The summed E-state index contributed by atoms with van der Waals surface area (Å²) in [5.41, 5.74) is 2.71. The van der Waals surface area contributed by atoms with Crippen LogP contribution in [0.25, 0.3) is 5.57 Å². The third kappa shape index (κ3) is 5.96.